The Labute approximate surface area is 181 Å². The molecule has 7 heteroatoms. The monoisotopic (exact) mass is 421 g/mol. The number of aryl methyl sites for hydroxylation is 1. The Bertz CT molecular complexity index is 1210. The van der Waals surface area contributed by atoms with Crippen LogP contribution in [0.15, 0.2) is 39.7 Å². The summed E-state index contributed by atoms with van der Waals surface area (Å²) in [4.78, 5) is 35.7. The number of amides is 1. The Morgan fingerprint density at radius 2 is 2.03 bits per heavy atom. The molecule has 0 saturated carbocycles. The van der Waals surface area contributed by atoms with Crippen LogP contribution in [0.1, 0.15) is 57.3 Å². The van der Waals surface area contributed by atoms with Crippen molar-refractivity contribution >= 4 is 16.9 Å². The highest BCUT2D eigenvalue weighted by atomic mass is 16.5. The molecule has 1 aromatic carbocycles. The Morgan fingerprint density at radius 3 is 2.74 bits per heavy atom. The minimum Gasteiger partial charge on any atom is -0.481 e. The van der Waals surface area contributed by atoms with E-state index in [2.05, 4.69) is 30.7 Å². The van der Waals surface area contributed by atoms with E-state index in [0.29, 0.717) is 24.4 Å². The molecule has 7 nitrogen and oxygen atoms in total. The summed E-state index contributed by atoms with van der Waals surface area (Å²) < 4.78 is 11.2. The maximum atomic E-state index is 13.0. The molecule has 2 aromatic heterocycles. The van der Waals surface area contributed by atoms with E-state index in [1.165, 1.54) is 6.07 Å². The van der Waals surface area contributed by atoms with Crippen molar-refractivity contribution in [1.82, 2.24) is 14.9 Å². The predicted molar refractivity (Wildman–Crippen MR) is 117 cm³/mol. The van der Waals surface area contributed by atoms with Gasteiger partial charge in [-0.15, -0.1) is 0 Å². The first kappa shape index (κ1) is 21.0. The Balaban J connectivity index is 1.49. The van der Waals surface area contributed by atoms with Gasteiger partial charge < -0.3 is 14.1 Å². The van der Waals surface area contributed by atoms with Crippen molar-refractivity contribution in [2.24, 2.45) is 0 Å². The van der Waals surface area contributed by atoms with E-state index >= 15 is 0 Å². The van der Waals surface area contributed by atoms with E-state index in [-0.39, 0.29) is 11.3 Å². The zero-order valence-electron chi connectivity index (χ0n) is 18.6. The van der Waals surface area contributed by atoms with Crippen LogP contribution in [0.4, 0.5) is 0 Å². The van der Waals surface area contributed by atoms with Gasteiger partial charge in [0.1, 0.15) is 17.2 Å². The number of hydrogen-bond acceptors (Lipinski definition) is 6. The molecule has 0 radical (unpaired) electrons. The summed E-state index contributed by atoms with van der Waals surface area (Å²) in [6, 6.07) is 6.83. The Kier molecular flexibility index (Phi) is 5.29. The molecule has 1 aliphatic rings. The number of nitrogens with zero attached hydrogens (tertiary/aromatic N) is 3. The fraction of sp³-hybridized carbons (Fsp3) is 0.417. The lowest BCUT2D eigenvalue weighted by atomic mass is 9.95. The maximum absolute atomic E-state index is 13.0. The molecule has 3 aromatic rings. The average Bonchev–Trinajstić information content (AvgIpc) is 3.14. The van der Waals surface area contributed by atoms with Crippen molar-refractivity contribution in [3.63, 3.8) is 0 Å². The zero-order valence-corrected chi connectivity index (χ0v) is 18.6. The van der Waals surface area contributed by atoms with Gasteiger partial charge in [-0.2, -0.15) is 0 Å². The van der Waals surface area contributed by atoms with Gasteiger partial charge in [-0.3, -0.25) is 4.79 Å². The van der Waals surface area contributed by atoms with Gasteiger partial charge in [-0.25, -0.2) is 14.8 Å². The first-order chi connectivity index (χ1) is 14.7. The fourth-order valence-electron chi connectivity index (χ4n) is 3.76. The van der Waals surface area contributed by atoms with Crippen LogP contribution in [0.3, 0.4) is 0 Å². The molecule has 1 aliphatic heterocycles. The van der Waals surface area contributed by atoms with Crippen molar-refractivity contribution in [3.05, 3.63) is 63.5 Å². The molecule has 162 valence electrons. The van der Waals surface area contributed by atoms with Crippen LogP contribution in [0.25, 0.3) is 11.0 Å². The highest BCUT2D eigenvalue weighted by Gasteiger charge is 2.30. The Morgan fingerprint density at radius 1 is 1.26 bits per heavy atom. The van der Waals surface area contributed by atoms with E-state index in [1.54, 1.807) is 24.0 Å². The molecule has 0 saturated heterocycles. The number of carbonyl (C=O) groups is 1. The molecule has 0 bridgehead atoms. The standard InChI is InChI=1S/C24H27N3O4/c1-6-15-9-21(28)31-20-10-17(7-8-18(15)20)30-14(2)22(29)27-12-16-11-25-23(24(3,4)5)26-19(16)13-27/h7-11,14H,6,12-13H2,1-5H3. The first-order valence-corrected chi connectivity index (χ1v) is 10.5. The summed E-state index contributed by atoms with van der Waals surface area (Å²) in [7, 11) is 0. The van der Waals surface area contributed by atoms with E-state index in [9.17, 15) is 9.59 Å². The molecule has 0 N–H and O–H groups in total. The van der Waals surface area contributed by atoms with E-state index < -0.39 is 11.7 Å². The molecule has 1 atom stereocenters. The lowest BCUT2D eigenvalue weighted by Crippen LogP contribution is -2.37. The number of benzene rings is 1. The molecule has 4 rings (SSSR count). The normalized spacial score (nSPS) is 14.5. The van der Waals surface area contributed by atoms with E-state index in [4.69, 9.17) is 9.15 Å². The van der Waals surface area contributed by atoms with Crippen molar-refractivity contribution < 1.29 is 13.9 Å². The summed E-state index contributed by atoms with van der Waals surface area (Å²) in [5, 5.41) is 0.872. The molecular formula is C24H27N3O4. The van der Waals surface area contributed by atoms with Gasteiger partial charge in [0.15, 0.2) is 6.10 Å². The summed E-state index contributed by atoms with van der Waals surface area (Å²) in [5.74, 6) is 1.13. The molecular weight excluding hydrogens is 394 g/mol. The lowest BCUT2D eigenvalue weighted by molar-refractivity contribution is -0.138. The second kappa shape index (κ2) is 7.80. The number of rotatable bonds is 4. The van der Waals surface area contributed by atoms with Crippen molar-refractivity contribution in [2.75, 3.05) is 0 Å². The molecule has 31 heavy (non-hydrogen) atoms. The molecule has 1 amide bonds. The first-order valence-electron chi connectivity index (χ1n) is 10.5. The number of fused-ring (bicyclic) bond motifs is 2. The third-order valence-electron chi connectivity index (χ3n) is 5.48. The van der Waals surface area contributed by atoms with Gasteiger partial charge in [0.2, 0.25) is 0 Å². The van der Waals surface area contributed by atoms with Crippen LogP contribution in [0.5, 0.6) is 5.75 Å². The molecule has 0 spiro atoms. The summed E-state index contributed by atoms with van der Waals surface area (Å²) in [5.41, 5.74) is 2.70. The number of hydrogen-bond donors (Lipinski definition) is 0. The summed E-state index contributed by atoms with van der Waals surface area (Å²) in [6.45, 7) is 10.8. The van der Waals surface area contributed by atoms with Crippen LogP contribution in [-0.4, -0.2) is 26.9 Å². The van der Waals surface area contributed by atoms with Gasteiger partial charge >= 0.3 is 5.63 Å². The van der Waals surface area contributed by atoms with E-state index in [1.807, 2.05) is 19.2 Å². The third-order valence-corrected chi connectivity index (χ3v) is 5.48. The highest BCUT2D eigenvalue weighted by Crippen LogP contribution is 2.27. The highest BCUT2D eigenvalue weighted by molar-refractivity contribution is 5.83. The van der Waals surface area contributed by atoms with E-state index in [0.717, 1.165) is 34.5 Å². The summed E-state index contributed by atoms with van der Waals surface area (Å²) in [6.07, 6.45) is 1.85. The van der Waals surface area contributed by atoms with Gasteiger partial charge in [0, 0.05) is 41.2 Å². The topological polar surface area (TPSA) is 85.5 Å². The molecule has 0 fully saturated rings. The van der Waals surface area contributed by atoms with Crippen LogP contribution in [-0.2, 0) is 29.7 Å². The quantitative estimate of drug-likeness (QED) is 0.597. The van der Waals surface area contributed by atoms with Gasteiger partial charge in [-0.1, -0.05) is 27.7 Å². The lowest BCUT2D eigenvalue weighted by Gasteiger charge is -2.21. The molecule has 1 unspecified atom stereocenters. The molecule has 0 aliphatic carbocycles. The van der Waals surface area contributed by atoms with Crippen LogP contribution < -0.4 is 10.4 Å². The van der Waals surface area contributed by atoms with Crippen molar-refractivity contribution in [3.8, 4) is 5.75 Å². The minimum absolute atomic E-state index is 0.126. The van der Waals surface area contributed by atoms with Crippen LogP contribution in [0, 0.1) is 0 Å². The number of ether oxygens (including phenoxy) is 1. The molecule has 3 heterocycles. The van der Waals surface area contributed by atoms with Gasteiger partial charge in [-0.05, 0) is 31.0 Å². The van der Waals surface area contributed by atoms with Gasteiger partial charge in [0.25, 0.3) is 5.91 Å². The second-order valence-corrected chi connectivity index (χ2v) is 8.97. The largest absolute Gasteiger partial charge is 0.481 e. The van der Waals surface area contributed by atoms with Crippen molar-refractivity contribution in [2.45, 2.75) is 65.6 Å². The number of aromatic nitrogens is 2. The number of carbonyl (C=O) groups excluding carboxylic acids is 1. The predicted octanol–water partition coefficient (Wildman–Crippen LogP) is 3.75. The fourth-order valence-corrected chi connectivity index (χ4v) is 3.76. The Hall–Kier alpha value is -3.22. The van der Waals surface area contributed by atoms with Crippen molar-refractivity contribution in [1.29, 1.82) is 0 Å². The smallest absolute Gasteiger partial charge is 0.336 e. The second-order valence-electron chi connectivity index (χ2n) is 8.97. The zero-order chi connectivity index (χ0) is 22.3. The summed E-state index contributed by atoms with van der Waals surface area (Å²) >= 11 is 0. The minimum atomic E-state index is -0.692. The van der Waals surface area contributed by atoms with Crippen LogP contribution in [0.2, 0.25) is 0 Å². The SMILES string of the molecule is CCc1cc(=O)oc2cc(OC(C)C(=O)N3Cc4cnc(C(C)(C)C)nc4C3)ccc12. The van der Waals surface area contributed by atoms with Crippen LogP contribution >= 0.6 is 0 Å². The third kappa shape index (κ3) is 4.17. The average molecular weight is 421 g/mol. The van der Waals surface area contributed by atoms with Gasteiger partial charge in [0.05, 0.1) is 12.2 Å². The maximum Gasteiger partial charge on any atom is 0.336 e.